The lowest BCUT2D eigenvalue weighted by Crippen LogP contribution is -1.91. The van der Waals surface area contributed by atoms with Crippen LogP contribution in [0, 0.1) is 0 Å². The Kier molecular flexibility index (Phi) is 3.02. The number of H-pyrrole nitrogens is 1. The van der Waals surface area contributed by atoms with Crippen LogP contribution in [0.1, 0.15) is 25.3 Å². The van der Waals surface area contributed by atoms with Gasteiger partial charge in [-0.2, -0.15) is 5.10 Å². The van der Waals surface area contributed by atoms with E-state index in [-0.39, 0.29) is 0 Å². The number of aromatic amines is 1. The fourth-order valence-corrected chi connectivity index (χ4v) is 2.18. The summed E-state index contributed by atoms with van der Waals surface area (Å²) in [5, 5.41) is 10.7. The van der Waals surface area contributed by atoms with Gasteiger partial charge < -0.3 is 10.3 Å². The molecule has 0 aliphatic heterocycles. The van der Waals surface area contributed by atoms with Crippen molar-refractivity contribution >= 4 is 5.82 Å². The van der Waals surface area contributed by atoms with Gasteiger partial charge in [-0.25, -0.2) is 0 Å². The zero-order chi connectivity index (χ0) is 14.1. The molecule has 3 rings (SSSR count). The molecule has 0 atom stereocenters. The summed E-state index contributed by atoms with van der Waals surface area (Å²) in [6.07, 6.45) is 1.67. The molecule has 3 aromatic rings. The Morgan fingerprint density at radius 2 is 1.90 bits per heavy atom. The molecule has 0 aliphatic rings. The van der Waals surface area contributed by atoms with Crippen molar-refractivity contribution in [1.29, 1.82) is 0 Å². The van der Waals surface area contributed by atoms with Gasteiger partial charge in [-0.3, -0.25) is 5.10 Å². The van der Waals surface area contributed by atoms with Crippen molar-refractivity contribution < 1.29 is 4.52 Å². The van der Waals surface area contributed by atoms with Crippen LogP contribution in [-0.2, 0) is 0 Å². The number of nitrogens with two attached hydrogens (primary N) is 1. The molecule has 0 saturated heterocycles. The van der Waals surface area contributed by atoms with Crippen molar-refractivity contribution in [1.82, 2.24) is 15.4 Å². The van der Waals surface area contributed by atoms with Crippen LogP contribution in [-0.4, -0.2) is 15.4 Å². The molecule has 0 spiro atoms. The predicted molar refractivity (Wildman–Crippen MR) is 78.0 cm³/mol. The lowest BCUT2D eigenvalue weighted by Gasteiger charge is -2.06. The Labute approximate surface area is 116 Å². The topological polar surface area (TPSA) is 80.7 Å². The second kappa shape index (κ2) is 4.85. The second-order valence-electron chi connectivity index (χ2n) is 5.02. The predicted octanol–water partition coefficient (Wildman–Crippen LogP) is 3.44. The summed E-state index contributed by atoms with van der Waals surface area (Å²) in [6, 6.07) is 10.1. The average Bonchev–Trinajstić information content (AvgIpc) is 3.07. The molecular formula is C15H16N4O. The first-order valence-corrected chi connectivity index (χ1v) is 6.52. The van der Waals surface area contributed by atoms with E-state index >= 15 is 0 Å². The van der Waals surface area contributed by atoms with Gasteiger partial charge in [-0.05, 0) is 23.1 Å². The van der Waals surface area contributed by atoms with Crippen LogP contribution in [0.4, 0.5) is 5.82 Å². The molecule has 0 bridgehead atoms. The van der Waals surface area contributed by atoms with Gasteiger partial charge in [-0.15, -0.1) is 0 Å². The van der Waals surface area contributed by atoms with Gasteiger partial charge in [0.2, 0.25) is 0 Å². The van der Waals surface area contributed by atoms with Crippen molar-refractivity contribution in [3.8, 4) is 22.6 Å². The zero-order valence-electron chi connectivity index (χ0n) is 11.4. The summed E-state index contributed by atoms with van der Waals surface area (Å²) in [6.45, 7) is 4.33. The molecule has 0 unspecified atom stereocenters. The number of nitrogen functional groups attached to an aromatic ring is 1. The lowest BCUT2D eigenvalue weighted by atomic mass is 9.98. The minimum Gasteiger partial charge on any atom is -0.380 e. The van der Waals surface area contributed by atoms with E-state index in [0.29, 0.717) is 17.5 Å². The highest BCUT2D eigenvalue weighted by Crippen LogP contribution is 2.35. The first-order valence-electron chi connectivity index (χ1n) is 6.52. The van der Waals surface area contributed by atoms with Crippen LogP contribution in [0.3, 0.4) is 0 Å². The molecule has 3 N–H and O–H groups in total. The Hall–Kier alpha value is -2.56. The number of nitrogens with zero attached hydrogens (tertiary/aromatic N) is 2. The number of nitrogens with one attached hydrogen (secondary N) is 1. The second-order valence-corrected chi connectivity index (χ2v) is 5.02. The number of hydrogen-bond acceptors (Lipinski definition) is 4. The maximum Gasteiger partial charge on any atom is 0.194 e. The van der Waals surface area contributed by atoms with Crippen molar-refractivity contribution in [2.45, 2.75) is 19.8 Å². The van der Waals surface area contributed by atoms with E-state index < -0.39 is 0 Å². The van der Waals surface area contributed by atoms with Gasteiger partial charge in [0.25, 0.3) is 0 Å². The van der Waals surface area contributed by atoms with Crippen molar-refractivity contribution in [3.63, 3.8) is 0 Å². The Morgan fingerprint density at radius 1 is 1.15 bits per heavy atom. The van der Waals surface area contributed by atoms with Crippen LogP contribution in [0.15, 0.2) is 41.1 Å². The van der Waals surface area contributed by atoms with Crippen LogP contribution in [0.5, 0.6) is 0 Å². The summed E-state index contributed by atoms with van der Waals surface area (Å²) in [5.41, 5.74) is 9.76. The molecule has 0 aliphatic carbocycles. The number of benzene rings is 1. The fraction of sp³-hybridized carbons (Fsp3) is 0.200. The molecule has 0 fully saturated rings. The Morgan fingerprint density at radius 3 is 2.50 bits per heavy atom. The van der Waals surface area contributed by atoms with Crippen LogP contribution in [0.2, 0.25) is 0 Å². The molecule has 5 nitrogen and oxygen atoms in total. The lowest BCUT2D eigenvalue weighted by molar-refractivity contribution is 0.434. The number of rotatable bonds is 3. The molecule has 20 heavy (non-hydrogen) atoms. The monoisotopic (exact) mass is 268 g/mol. The number of anilines is 1. The molecule has 102 valence electrons. The number of aromatic nitrogens is 3. The van der Waals surface area contributed by atoms with E-state index in [1.54, 1.807) is 6.20 Å². The fourth-order valence-electron chi connectivity index (χ4n) is 2.18. The Bertz CT molecular complexity index is 696. The van der Waals surface area contributed by atoms with Gasteiger partial charge in [0, 0.05) is 6.20 Å². The highest BCUT2D eigenvalue weighted by atomic mass is 16.5. The van der Waals surface area contributed by atoms with E-state index in [1.807, 2.05) is 18.2 Å². The summed E-state index contributed by atoms with van der Waals surface area (Å²) < 4.78 is 5.33. The summed E-state index contributed by atoms with van der Waals surface area (Å²) >= 11 is 0. The minimum atomic E-state index is 0.381. The van der Waals surface area contributed by atoms with E-state index in [4.69, 9.17) is 10.3 Å². The minimum absolute atomic E-state index is 0.381. The highest BCUT2D eigenvalue weighted by Gasteiger charge is 2.18. The molecule has 2 aromatic heterocycles. The molecule has 0 saturated carbocycles. The van der Waals surface area contributed by atoms with E-state index in [1.165, 1.54) is 5.56 Å². The summed E-state index contributed by atoms with van der Waals surface area (Å²) in [4.78, 5) is 0. The first kappa shape index (κ1) is 12.5. The first-order chi connectivity index (χ1) is 9.66. The van der Waals surface area contributed by atoms with Gasteiger partial charge in [0.1, 0.15) is 5.69 Å². The third-order valence-electron chi connectivity index (χ3n) is 3.33. The van der Waals surface area contributed by atoms with Gasteiger partial charge in [-0.1, -0.05) is 43.3 Å². The standard InChI is InChI=1S/C15H16N4O/c1-9(2)10-3-5-11(6-4-10)13-14(20-19-15(13)16)12-7-8-17-18-12/h3-9H,1-2H3,(H2,16,19)(H,17,18). The molecule has 0 radical (unpaired) electrons. The molecule has 5 heteroatoms. The van der Waals surface area contributed by atoms with Crippen LogP contribution < -0.4 is 5.73 Å². The van der Waals surface area contributed by atoms with Gasteiger partial charge >= 0.3 is 0 Å². The smallest absolute Gasteiger partial charge is 0.194 e. The SMILES string of the molecule is CC(C)c1ccc(-c2c(N)noc2-c2ccn[nH]2)cc1. The van der Waals surface area contributed by atoms with E-state index in [2.05, 4.69) is 41.3 Å². The van der Waals surface area contributed by atoms with E-state index in [9.17, 15) is 0 Å². The maximum atomic E-state index is 5.94. The van der Waals surface area contributed by atoms with Crippen LogP contribution >= 0.6 is 0 Å². The molecule has 0 amide bonds. The molecular weight excluding hydrogens is 252 g/mol. The zero-order valence-corrected chi connectivity index (χ0v) is 11.4. The third-order valence-corrected chi connectivity index (χ3v) is 3.33. The largest absolute Gasteiger partial charge is 0.380 e. The normalized spacial score (nSPS) is 11.2. The maximum absolute atomic E-state index is 5.94. The summed E-state index contributed by atoms with van der Waals surface area (Å²) in [7, 11) is 0. The summed E-state index contributed by atoms with van der Waals surface area (Å²) in [5.74, 6) is 1.49. The Balaban J connectivity index is 2.08. The number of hydrogen-bond donors (Lipinski definition) is 2. The van der Waals surface area contributed by atoms with Crippen LogP contribution in [0.25, 0.3) is 22.6 Å². The quantitative estimate of drug-likeness (QED) is 0.762. The molecule has 2 heterocycles. The van der Waals surface area contributed by atoms with Crippen molar-refractivity contribution in [2.75, 3.05) is 5.73 Å². The molecule has 1 aromatic carbocycles. The van der Waals surface area contributed by atoms with E-state index in [0.717, 1.165) is 16.8 Å². The highest BCUT2D eigenvalue weighted by molar-refractivity contribution is 5.85. The van der Waals surface area contributed by atoms with Crippen molar-refractivity contribution in [2.24, 2.45) is 0 Å². The van der Waals surface area contributed by atoms with Crippen molar-refractivity contribution in [3.05, 3.63) is 42.1 Å². The third kappa shape index (κ3) is 2.07. The van der Waals surface area contributed by atoms with Gasteiger partial charge in [0.15, 0.2) is 11.6 Å². The van der Waals surface area contributed by atoms with Gasteiger partial charge in [0.05, 0.1) is 5.56 Å². The average molecular weight is 268 g/mol.